The Kier molecular flexibility index (Phi) is 5.51. The first-order chi connectivity index (χ1) is 7.97. The van der Waals surface area contributed by atoms with Gasteiger partial charge in [0.15, 0.2) is 0 Å². The molecule has 0 aliphatic rings. The van der Waals surface area contributed by atoms with Gasteiger partial charge in [0.2, 0.25) is 10.0 Å². The van der Waals surface area contributed by atoms with Gasteiger partial charge < -0.3 is 0 Å². The zero-order valence-corrected chi connectivity index (χ0v) is 11.6. The number of hydrogen-bond donors (Lipinski definition) is 1. The largest absolute Gasteiger partial charge is 0.242 e. The number of nitrogens with zero attached hydrogens (tertiary/aromatic N) is 3. The van der Waals surface area contributed by atoms with E-state index in [9.17, 15) is 8.42 Å². The van der Waals surface area contributed by atoms with Crippen LogP contribution in [0.25, 0.3) is 10.4 Å². The van der Waals surface area contributed by atoms with E-state index in [-0.39, 0.29) is 22.3 Å². The van der Waals surface area contributed by atoms with Crippen LogP contribution in [0.3, 0.4) is 0 Å². The summed E-state index contributed by atoms with van der Waals surface area (Å²) in [6.45, 7) is 0.405. The van der Waals surface area contributed by atoms with E-state index in [1.54, 1.807) is 0 Å². The summed E-state index contributed by atoms with van der Waals surface area (Å²) in [6.07, 6.45) is 0.415. The molecule has 0 aliphatic carbocycles. The van der Waals surface area contributed by atoms with Crippen LogP contribution in [0.15, 0.2) is 16.1 Å². The van der Waals surface area contributed by atoms with Crippen LogP contribution in [0, 0.1) is 0 Å². The molecule has 1 rings (SSSR count). The molecule has 6 nitrogen and oxygen atoms in total. The number of halogens is 2. The van der Waals surface area contributed by atoms with Crippen molar-refractivity contribution in [3.05, 3.63) is 25.2 Å². The lowest BCUT2D eigenvalue weighted by atomic mass is 10.4. The van der Waals surface area contributed by atoms with Gasteiger partial charge in [-0.15, -0.1) is 11.3 Å². The summed E-state index contributed by atoms with van der Waals surface area (Å²) in [7, 11) is -3.65. The summed E-state index contributed by atoms with van der Waals surface area (Å²) in [5.74, 6) is 0. The standard InChI is InChI=1S/C7H8Cl2N4O2S2/c8-6-4-5(7(9)16-6)17(14,15)12-3-1-2-11-13-10/h4,12H,1-3H2. The molecule has 0 radical (unpaired) electrons. The number of sulfonamides is 1. The van der Waals surface area contributed by atoms with Crippen LogP contribution < -0.4 is 4.72 Å². The number of rotatable bonds is 6. The summed E-state index contributed by atoms with van der Waals surface area (Å²) >= 11 is 12.4. The topological polar surface area (TPSA) is 94.9 Å². The first-order valence-electron chi connectivity index (χ1n) is 4.42. The second kappa shape index (κ2) is 6.44. The van der Waals surface area contributed by atoms with E-state index in [0.717, 1.165) is 11.3 Å². The molecule has 1 N–H and O–H groups in total. The molecule has 1 aromatic rings. The van der Waals surface area contributed by atoms with Crippen LogP contribution >= 0.6 is 34.5 Å². The third kappa shape index (κ3) is 4.34. The molecule has 94 valence electrons. The van der Waals surface area contributed by atoms with Crippen molar-refractivity contribution in [3.8, 4) is 0 Å². The number of azide groups is 1. The minimum absolute atomic E-state index is 0.0297. The Morgan fingerprint density at radius 3 is 2.76 bits per heavy atom. The van der Waals surface area contributed by atoms with Gasteiger partial charge in [-0.05, 0) is 18.0 Å². The van der Waals surface area contributed by atoms with Crippen molar-refractivity contribution in [1.82, 2.24) is 4.72 Å². The van der Waals surface area contributed by atoms with Crippen LogP contribution in [0.1, 0.15) is 6.42 Å². The molecule has 1 heterocycles. The van der Waals surface area contributed by atoms with Crippen molar-refractivity contribution in [2.45, 2.75) is 11.3 Å². The Morgan fingerprint density at radius 2 is 2.24 bits per heavy atom. The molecule has 0 aromatic carbocycles. The molecular formula is C7H8Cl2N4O2S2. The van der Waals surface area contributed by atoms with Gasteiger partial charge in [0, 0.05) is 18.0 Å². The fourth-order valence-corrected chi connectivity index (χ4v) is 4.21. The quantitative estimate of drug-likeness (QED) is 0.378. The van der Waals surface area contributed by atoms with Gasteiger partial charge in [-0.25, -0.2) is 13.1 Å². The minimum Gasteiger partial charge on any atom is -0.211 e. The number of hydrogen-bond acceptors (Lipinski definition) is 4. The van der Waals surface area contributed by atoms with Gasteiger partial charge in [-0.3, -0.25) is 0 Å². The molecule has 0 bridgehead atoms. The molecular weight excluding hydrogens is 307 g/mol. The predicted octanol–water partition coefficient (Wildman–Crippen LogP) is 3.03. The first-order valence-corrected chi connectivity index (χ1v) is 7.48. The van der Waals surface area contributed by atoms with Crippen molar-refractivity contribution in [3.63, 3.8) is 0 Å². The van der Waals surface area contributed by atoms with Crippen molar-refractivity contribution in [1.29, 1.82) is 0 Å². The highest BCUT2D eigenvalue weighted by Gasteiger charge is 2.20. The maximum Gasteiger partial charge on any atom is 0.242 e. The van der Waals surface area contributed by atoms with Gasteiger partial charge in [0.1, 0.15) is 9.23 Å². The molecule has 17 heavy (non-hydrogen) atoms. The smallest absolute Gasteiger partial charge is 0.211 e. The summed E-state index contributed by atoms with van der Waals surface area (Å²) < 4.78 is 26.3. The molecule has 0 amide bonds. The summed E-state index contributed by atoms with van der Waals surface area (Å²) in [5, 5.41) is 3.29. The van der Waals surface area contributed by atoms with Gasteiger partial charge >= 0.3 is 0 Å². The number of nitrogens with one attached hydrogen (secondary N) is 1. The second-order valence-corrected chi connectivity index (χ2v) is 6.92. The third-order valence-electron chi connectivity index (χ3n) is 1.71. The van der Waals surface area contributed by atoms with E-state index in [0.29, 0.717) is 10.8 Å². The lowest BCUT2D eigenvalue weighted by Crippen LogP contribution is -2.25. The van der Waals surface area contributed by atoms with Crippen LogP contribution in [0.5, 0.6) is 0 Å². The van der Waals surface area contributed by atoms with Crippen LogP contribution in [-0.4, -0.2) is 21.5 Å². The molecule has 0 saturated carbocycles. The average Bonchev–Trinajstić information content (AvgIpc) is 2.58. The number of thiophene rings is 1. The fraction of sp³-hybridized carbons (Fsp3) is 0.429. The zero-order valence-electron chi connectivity index (χ0n) is 8.43. The molecule has 0 atom stereocenters. The Balaban J connectivity index is 2.63. The van der Waals surface area contributed by atoms with Gasteiger partial charge in [-0.2, -0.15) is 0 Å². The highest BCUT2D eigenvalue weighted by atomic mass is 35.5. The second-order valence-electron chi connectivity index (χ2n) is 2.89. The van der Waals surface area contributed by atoms with Crippen LogP contribution in [0.4, 0.5) is 0 Å². The van der Waals surface area contributed by atoms with Crippen molar-refractivity contribution in [2.75, 3.05) is 13.1 Å². The third-order valence-corrected chi connectivity index (χ3v) is 4.92. The van der Waals surface area contributed by atoms with E-state index in [4.69, 9.17) is 28.7 Å². The van der Waals surface area contributed by atoms with E-state index in [2.05, 4.69) is 14.7 Å². The molecule has 1 aromatic heterocycles. The Morgan fingerprint density at radius 1 is 1.53 bits per heavy atom. The first kappa shape index (κ1) is 14.6. The average molecular weight is 315 g/mol. The maximum atomic E-state index is 11.7. The highest BCUT2D eigenvalue weighted by molar-refractivity contribution is 7.89. The van der Waals surface area contributed by atoms with E-state index in [1.165, 1.54) is 6.07 Å². The molecule has 0 unspecified atom stereocenters. The Bertz CT molecular complexity index is 536. The molecule has 10 heteroatoms. The minimum atomic E-state index is -3.65. The SMILES string of the molecule is [N-]=[N+]=NCCCNS(=O)(=O)c1cc(Cl)sc1Cl. The normalized spacial score (nSPS) is 11.2. The Labute approximate surface area is 112 Å². The molecule has 0 saturated heterocycles. The zero-order chi connectivity index (χ0) is 12.9. The van der Waals surface area contributed by atoms with Gasteiger partial charge in [-0.1, -0.05) is 28.3 Å². The van der Waals surface area contributed by atoms with Gasteiger partial charge in [0.25, 0.3) is 0 Å². The predicted molar refractivity (Wildman–Crippen MR) is 68.2 cm³/mol. The van der Waals surface area contributed by atoms with E-state index < -0.39 is 10.0 Å². The summed E-state index contributed by atoms with van der Waals surface area (Å²) in [4.78, 5) is 2.53. The molecule has 0 fully saturated rings. The van der Waals surface area contributed by atoms with Crippen molar-refractivity contribution < 1.29 is 8.42 Å². The van der Waals surface area contributed by atoms with E-state index in [1.807, 2.05) is 0 Å². The van der Waals surface area contributed by atoms with Gasteiger partial charge in [0.05, 0.1) is 4.34 Å². The van der Waals surface area contributed by atoms with E-state index >= 15 is 0 Å². The van der Waals surface area contributed by atoms with Crippen molar-refractivity contribution >= 4 is 44.6 Å². The van der Waals surface area contributed by atoms with Crippen molar-refractivity contribution in [2.24, 2.45) is 5.11 Å². The maximum absolute atomic E-state index is 11.7. The summed E-state index contributed by atoms with van der Waals surface area (Å²) in [6, 6.07) is 1.30. The monoisotopic (exact) mass is 314 g/mol. The molecule has 0 spiro atoms. The lowest BCUT2D eigenvalue weighted by molar-refractivity contribution is 0.580. The Hall–Kier alpha value is -0.500. The highest BCUT2D eigenvalue weighted by Crippen LogP contribution is 2.33. The lowest BCUT2D eigenvalue weighted by Gasteiger charge is -2.03. The van der Waals surface area contributed by atoms with Crippen LogP contribution in [-0.2, 0) is 10.0 Å². The summed E-state index contributed by atoms with van der Waals surface area (Å²) in [5.41, 5.74) is 8.03. The fourth-order valence-electron chi connectivity index (χ4n) is 0.987. The van der Waals surface area contributed by atoms with Crippen LogP contribution in [0.2, 0.25) is 8.67 Å². The molecule has 0 aliphatic heterocycles.